The van der Waals surface area contributed by atoms with Crippen LogP contribution in [0.1, 0.15) is 38.5 Å². The first kappa shape index (κ1) is 19.7. The number of imidazole rings is 2. The maximum absolute atomic E-state index is 9.64. The zero-order valence-corrected chi connectivity index (χ0v) is 14.8. The highest BCUT2D eigenvalue weighted by Gasteiger charge is 2.21. The van der Waals surface area contributed by atoms with E-state index in [2.05, 4.69) is 31.5 Å². The third kappa shape index (κ3) is 7.50. The summed E-state index contributed by atoms with van der Waals surface area (Å²) in [4.78, 5) is 27.5. The van der Waals surface area contributed by atoms with E-state index >= 15 is 0 Å². The normalized spacial score (nSPS) is 19.4. The highest BCUT2D eigenvalue weighted by molar-refractivity contribution is 5.75. The monoisotopic (exact) mass is 362 g/mol. The van der Waals surface area contributed by atoms with E-state index in [1.54, 1.807) is 0 Å². The molecule has 0 aromatic carbocycles. The van der Waals surface area contributed by atoms with Crippen LogP contribution in [-0.4, -0.2) is 41.3 Å². The molecular formula is C18H26N4O4. The smallest absolute Gasteiger partial charge is 0.303 e. The standard InChI is InChI=1S/C14H20N4.C4H6O4/c1-2-14(10-18-8-6-16-12-18)4-3-13(1)9-17-7-5-15-11-17;5-3(6)1-2-4(7)8/h5-8,11-14H,1-4,9-10H2;1-2H2,(H,5,6)(H,7,8). The Bertz CT molecular complexity index is 589. The van der Waals surface area contributed by atoms with Gasteiger partial charge >= 0.3 is 11.9 Å². The number of hydrogen-bond donors (Lipinski definition) is 2. The van der Waals surface area contributed by atoms with E-state index in [9.17, 15) is 9.59 Å². The lowest BCUT2D eigenvalue weighted by molar-refractivity contribution is -0.143. The number of carboxylic acid groups (broad SMARTS) is 2. The first-order chi connectivity index (χ1) is 12.5. The van der Waals surface area contributed by atoms with Crippen molar-refractivity contribution in [3.63, 3.8) is 0 Å². The molecule has 1 saturated carbocycles. The number of carboxylic acids is 2. The van der Waals surface area contributed by atoms with Gasteiger partial charge in [0.25, 0.3) is 0 Å². The van der Waals surface area contributed by atoms with Crippen molar-refractivity contribution < 1.29 is 19.8 Å². The van der Waals surface area contributed by atoms with Crippen LogP contribution in [-0.2, 0) is 22.7 Å². The summed E-state index contributed by atoms with van der Waals surface area (Å²) < 4.78 is 4.42. The van der Waals surface area contributed by atoms with E-state index in [1.165, 1.54) is 25.7 Å². The summed E-state index contributed by atoms with van der Waals surface area (Å²) >= 11 is 0. The van der Waals surface area contributed by atoms with Gasteiger partial charge in [0.15, 0.2) is 0 Å². The molecule has 0 radical (unpaired) electrons. The van der Waals surface area contributed by atoms with Crippen LogP contribution >= 0.6 is 0 Å². The first-order valence-electron chi connectivity index (χ1n) is 8.88. The molecule has 8 nitrogen and oxygen atoms in total. The summed E-state index contributed by atoms with van der Waals surface area (Å²) in [6.45, 7) is 2.27. The van der Waals surface area contributed by atoms with Gasteiger partial charge in [-0.15, -0.1) is 0 Å². The highest BCUT2D eigenvalue weighted by Crippen LogP contribution is 2.30. The van der Waals surface area contributed by atoms with Crippen LogP contribution < -0.4 is 0 Å². The minimum atomic E-state index is -1.08. The second kappa shape index (κ2) is 10.4. The van der Waals surface area contributed by atoms with Crippen molar-refractivity contribution in [1.29, 1.82) is 0 Å². The molecule has 0 amide bonds. The molecule has 0 aliphatic heterocycles. The van der Waals surface area contributed by atoms with Gasteiger partial charge in [0.1, 0.15) is 0 Å². The summed E-state index contributed by atoms with van der Waals surface area (Å²) in [6.07, 6.45) is 16.5. The lowest BCUT2D eigenvalue weighted by Gasteiger charge is -2.28. The largest absolute Gasteiger partial charge is 0.481 e. The first-order valence-corrected chi connectivity index (χ1v) is 8.88. The van der Waals surface area contributed by atoms with Crippen molar-refractivity contribution in [2.24, 2.45) is 11.8 Å². The van der Waals surface area contributed by atoms with E-state index in [0.29, 0.717) is 0 Å². The lowest BCUT2D eigenvalue weighted by Crippen LogP contribution is -2.21. The number of nitrogens with zero attached hydrogens (tertiary/aromatic N) is 4. The molecule has 0 spiro atoms. The van der Waals surface area contributed by atoms with E-state index in [-0.39, 0.29) is 12.8 Å². The molecule has 0 saturated heterocycles. The molecule has 2 N–H and O–H groups in total. The molecule has 0 unspecified atom stereocenters. The predicted molar refractivity (Wildman–Crippen MR) is 94.4 cm³/mol. The Morgan fingerprint density at radius 1 is 0.808 bits per heavy atom. The minimum Gasteiger partial charge on any atom is -0.481 e. The fourth-order valence-electron chi connectivity index (χ4n) is 3.20. The lowest BCUT2D eigenvalue weighted by atomic mass is 9.82. The number of hydrogen-bond acceptors (Lipinski definition) is 4. The Balaban J connectivity index is 0.000000260. The van der Waals surface area contributed by atoms with Crippen LogP contribution in [0.15, 0.2) is 37.4 Å². The van der Waals surface area contributed by atoms with Gasteiger partial charge < -0.3 is 19.3 Å². The molecule has 3 rings (SSSR count). The number of aromatic nitrogens is 4. The van der Waals surface area contributed by atoms with Crippen LogP contribution in [0.2, 0.25) is 0 Å². The van der Waals surface area contributed by atoms with Crippen LogP contribution in [0.4, 0.5) is 0 Å². The molecule has 2 aromatic heterocycles. The van der Waals surface area contributed by atoms with Crippen molar-refractivity contribution in [2.45, 2.75) is 51.6 Å². The van der Waals surface area contributed by atoms with E-state index in [0.717, 1.165) is 24.9 Å². The van der Waals surface area contributed by atoms with Crippen LogP contribution in [0.5, 0.6) is 0 Å². The molecule has 142 valence electrons. The van der Waals surface area contributed by atoms with E-state index in [4.69, 9.17) is 10.2 Å². The van der Waals surface area contributed by atoms with Gasteiger partial charge in [-0.3, -0.25) is 9.59 Å². The molecule has 1 aliphatic rings. The van der Waals surface area contributed by atoms with Gasteiger partial charge in [-0.2, -0.15) is 0 Å². The zero-order chi connectivity index (χ0) is 18.8. The maximum atomic E-state index is 9.64. The third-order valence-electron chi connectivity index (χ3n) is 4.58. The molecule has 0 atom stereocenters. The Morgan fingerprint density at radius 2 is 1.19 bits per heavy atom. The summed E-state index contributed by atoms with van der Waals surface area (Å²) in [5.74, 6) is -0.490. The second-order valence-corrected chi connectivity index (χ2v) is 6.69. The Labute approximate surface area is 152 Å². The molecular weight excluding hydrogens is 336 g/mol. The van der Waals surface area contributed by atoms with Gasteiger partial charge in [-0.1, -0.05) is 0 Å². The fraction of sp³-hybridized carbons (Fsp3) is 0.556. The second-order valence-electron chi connectivity index (χ2n) is 6.69. The summed E-state index contributed by atoms with van der Waals surface area (Å²) in [7, 11) is 0. The van der Waals surface area contributed by atoms with Crippen LogP contribution in [0, 0.1) is 11.8 Å². The van der Waals surface area contributed by atoms with Crippen LogP contribution in [0.3, 0.4) is 0 Å². The summed E-state index contributed by atoms with van der Waals surface area (Å²) in [5, 5.41) is 15.8. The fourth-order valence-corrected chi connectivity index (χ4v) is 3.20. The molecule has 1 aliphatic carbocycles. The predicted octanol–water partition coefficient (Wildman–Crippen LogP) is 2.52. The topological polar surface area (TPSA) is 110 Å². The van der Waals surface area contributed by atoms with Crippen molar-refractivity contribution >= 4 is 11.9 Å². The van der Waals surface area contributed by atoms with Gasteiger partial charge in [0.05, 0.1) is 25.5 Å². The number of carbonyl (C=O) groups is 2. The molecule has 2 aromatic rings. The Hall–Kier alpha value is -2.64. The molecule has 8 heteroatoms. The molecule has 1 fully saturated rings. The van der Waals surface area contributed by atoms with E-state index < -0.39 is 11.9 Å². The van der Waals surface area contributed by atoms with Gasteiger partial charge in [0, 0.05) is 37.9 Å². The molecule has 0 bridgehead atoms. The average Bonchev–Trinajstić information content (AvgIpc) is 3.29. The van der Waals surface area contributed by atoms with Crippen molar-refractivity contribution in [2.75, 3.05) is 0 Å². The van der Waals surface area contributed by atoms with E-state index in [1.807, 2.05) is 25.0 Å². The van der Waals surface area contributed by atoms with Gasteiger partial charge in [-0.25, -0.2) is 9.97 Å². The number of aliphatic carboxylic acids is 2. The average molecular weight is 362 g/mol. The van der Waals surface area contributed by atoms with Crippen molar-refractivity contribution in [3.05, 3.63) is 37.4 Å². The third-order valence-corrected chi connectivity index (χ3v) is 4.58. The highest BCUT2D eigenvalue weighted by atomic mass is 16.4. The summed E-state index contributed by atoms with van der Waals surface area (Å²) in [6, 6.07) is 0. The van der Waals surface area contributed by atoms with Gasteiger partial charge in [-0.05, 0) is 37.5 Å². The van der Waals surface area contributed by atoms with Crippen molar-refractivity contribution in [3.8, 4) is 0 Å². The minimum absolute atomic E-state index is 0.296. The van der Waals surface area contributed by atoms with Crippen LogP contribution in [0.25, 0.3) is 0 Å². The van der Waals surface area contributed by atoms with Gasteiger partial charge in [0.2, 0.25) is 0 Å². The SMILES string of the molecule is O=C(O)CCC(=O)O.c1cn(CC2CCC(Cn3ccnc3)CC2)cn1. The molecule has 26 heavy (non-hydrogen) atoms. The molecule has 2 heterocycles. The maximum Gasteiger partial charge on any atom is 0.303 e. The quantitative estimate of drug-likeness (QED) is 0.783. The Kier molecular flexibility index (Phi) is 7.85. The van der Waals surface area contributed by atoms with Crippen molar-refractivity contribution in [1.82, 2.24) is 19.1 Å². The Morgan fingerprint density at radius 3 is 1.46 bits per heavy atom. The summed E-state index contributed by atoms with van der Waals surface area (Å²) in [5.41, 5.74) is 0. The zero-order valence-electron chi connectivity index (χ0n) is 14.8. The number of rotatable bonds is 7.